The first-order valence-electron chi connectivity index (χ1n) is 10.3. The van der Waals surface area contributed by atoms with Crippen LogP contribution >= 0.6 is 0 Å². The smallest absolute Gasteiger partial charge is 0.0000000000000853 e. The lowest BCUT2D eigenvalue weighted by Gasteiger charge is -2.52. The van der Waals surface area contributed by atoms with Crippen molar-refractivity contribution in [2.45, 2.75) is 0 Å². The first kappa shape index (κ1) is 34.1. The molecule has 0 saturated heterocycles. The molecule has 35 radical (unpaired) electrons. The molecule has 32 heavy (non-hydrogen) atoms. The van der Waals surface area contributed by atoms with Gasteiger partial charge in [0.1, 0.15) is 0 Å². The average Bonchev–Trinajstić information content (AvgIpc) is 2.57. The molecule has 0 aromatic heterocycles. The van der Waals surface area contributed by atoms with Gasteiger partial charge in [-0.05, 0) is 213 Å². The van der Waals surface area contributed by atoms with E-state index in [1.807, 2.05) is 0 Å². The predicted octanol–water partition coefficient (Wildman–Crippen LogP) is -12.2. The Hall–Kier alpha value is 2.08. The van der Waals surface area contributed by atoms with E-state index in [2.05, 4.69) is 0 Å². The van der Waals surface area contributed by atoms with Gasteiger partial charge in [-0.15, -0.1) is 0 Å². The van der Waals surface area contributed by atoms with E-state index in [1.54, 1.807) is 0 Å². The summed E-state index contributed by atoms with van der Waals surface area (Å²) in [6, 6.07) is 0. The van der Waals surface area contributed by atoms with Gasteiger partial charge in [0.2, 0.25) is 0 Å². The molecule has 0 aliphatic heterocycles. The van der Waals surface area contributed by atoms with Crippen molar-refractivity contribution in [3.05, 3.63) is 0 Å². The minimum atomic E-state index is -1.11. The van der Waals surface area contributed by atoms with Gasteiger partial charge in [-0.3, -0.25) is 0 Å². The third-order valence-electron chi connectivity index (χ3n) is 6.22. The Balaban J connectivity index is 7.33. The van der Waals surface area contributed by atoms with Crippen molar-refractivity contribution in [3.63, 3.8) is 0 Å². The van der Waals surface area contributed by atoms with Gasteiger partial charge in [0.15, 0.2) is 0 Å². The van der Waals surface area contributed by atoms with E-state index in [9.17, 15) is 0 Å². The summed E-state index contributed by atoms with van der Waals surface area (Å²) >= 11 is 0. The van der Waals surface area contributed by atoms with E-state index in [4.69, 9.17) is 132 Å². The van der Waals surface area contributed by atoms with Crippen molar-refractivity contribution in [1.82, 2.24) is 0 Å². The highest BCUT2D eigenvalue weighted by atomic mass is 13.3. The normalized spacial score (nSPS) is 9.53. The summed E-state index contributed by atoms with van der Waals surface area (Å²) in [4.78, 5) is 0. The second-order valence-corrected chi connectivity index (χ2v) is 8.66. The first-order valence-corrected chi connectivity index (χ1v) is 10.3. The molecule has 0 rings (SSSR count). The molecule has 0 aromatic carbocycles. The van der Waals surface area contributed by atoms with Crippen LogP contribution in [0.5, 0.6) is 0 Å². The molecule has 97 valence electrons. The molecule has 0 aliphatic carbocycles. The molecule has 0 fully saturated rings. The monoisotopic (exact) mass is 352 g/mol. The maximum Gasteiger partial charge on any atom is -0.0000000000000853 e. The zero-order chi connectivity index (χ0) is 25.7. The minimum absolute atomic E-state index is 0.895. The largest absolute Gasteiger partial charge is 0.687 e. The van der Waals surface area contributed by atoms with Crippen LogP contribution in [0.4, 0.5) is 0 Å². The van der Waals surface area contributed by atoms with E-state index < -0.39 is 95.8 Å². The van der Waals surface area contributed by atoms with Gasteiger partial charge >= 0.3 is 0 Å². The van der Waals surface area contributed by atoms with E-state index in [1.165, 1.54) is 0 Å². The van der Waals surface area contributed by atoms with Crippen LogP contribution in [0.25, 0.3) is 0 Å². The van der Waals surface area contributed by atoms with Crippen molar-refractivity contribution in [1.29, 1.82) is 0 Å². The van der Waals surface area contributed by atoms with Gasteiger partial charge < -0.3 is 7.74 Å². The number of rotatable bonds is 14. The van der Waals surface area contributed by atoms with Crippen LogP contribution in [-0.2, 0) is 0 Å². The molecular weight excluding hydrogens is 346 g/mol. The quantitative estimate of drug-likeness (QED) is 0.274. The summed E-state index contributed by atoms with van der Waals surface area (Å²) in [5, 5.41) is 0. The van der Waals surface area contributed by atoms with Crippen LogP contribution in [0, 0.1) is 0 Å². The predicted molar refractivity (Wildman–Crippen MR) is 184 cm³/mol. The van der Waals surface area contributed by atoms with Gasteiger partial charge in [0, 0.05) is 0 Å². The van der Waals surface area contributed by atoms with Crippen LogP contribution in [-0.4, -0.2) is 227 Å². The Labute approximate surface area is 226 Å². The Kier molecular flexibility index (Phi) is 16.4. The second kappa shape index (κ2) is 15.4. The van der Waals surface area contributed by atoms with Crippen LogP contribution in [0.2, 0.25) is 0 Å². The van der Waals surface area contributed by atoms with Crippen LogP contribution in [0.15, 0.2) is 0 Å². The molecule has 32 heteroatoms. The van der Waals surface area contributed by atoms with Crippen LogP contribution in [0.1, 0.15) is 0 Å². The van der Waals surface area contributed by atoms with E-state index >= 15 is 0 Å². The first-order chi connectivity index (χ1) is 14.5. The van der Waals surface area contributed by atoms with Gasteiger partial charge in [-0.2, -0.15) is 0 Å². The molecule has 0 N–H and O–H groups in total. The Morgan fingerprint density at radius 2 is 0.469 bits per heavy atom. The van der Waals surface area contributed by atoms with E-state index in [0.717, 1.165) is 0 Å². The summed E-state index contributed by atoms with van der Waals surface area (Å²) in [6.45, 7) is 0. The summed E-state index contributed by atoms with van der Waals surface area (Å²) in [5.41, 5.74) is 0. The lowest BCUT2D eigenvalue weighted by atomic mass is 8.30. The standard InChI is InChI=1S/B32/c1-18(2)26(17)30(25(15)16)32(29(23(11)12)24(13)14)31(27(19(3)4)20(5)6)28(21(7)8)22(9)10/q-1. The van der Waals surface area contributed by atoms with Gasteiger partial charge in [-0.25, -0.2) is 6.39 Å². The van der Waals surface area contributed by atoms with Crippen molar-refractivity contribution < 1.29 is 0 Å². The van der Waals surface area contributed by atoms with Crippen LogP contribution in [0.3, 0.4) is 0 Å². The molecule has 0 amide bonds. The molecule has 0 atom stereocenters. The molecular formula is B32-. The molecule has 0 unspecified atom stereocenters. The summed E-state index contributed by atoms with van der Waals surface area (Å²) in [5.74, 6) is 0. The zero-order valence-corrected chi connectivity index (χ0v) is 18.5. The van der Waals surface area contributed by atoms with Gasteiger partial charge in [-0.1, -0.05) is 0 Å². The minimum Gasteiger partial charge on any atom is -0.687 e. The molecule has 0 aliphatic rings. The highest BCUT2D eigenvalue weighted by molar-refractivity contribution is 8.28. The number of hydrogen-bond acceptors (Lipinski definition) is 0. The van der Waals surface area contributed by atoms with E-state index in [0.29, 0.717) is 0 Å². The fourth-order valence-electron chi connectivity index (χ4n) is 4.88. The lowest BCUT2D eigenvalue weighted by molar-refractivity contribution is 3.25. The Morgan fingerprint density at radius 3 is 0.625 bits per heavy atom. The van der Waals surface area contributed by atoms with Crippen LogP contribution < -0.4 is 0 Å². The molecule has 0 spiro atoms. The third kappa shape index (κ3) is 9.19. The summed E-state index contributed by atoms with van der Waals surface area (Å²) in [7, 11) is 103. The number of hydrogen-bond donors (Lipinski definition) is 0. The summed E-state index contributed by atoms with van der Waals surface area (Å²) < 4.78 is 0. The third-order valence-corrected chi connectivity index (χ3v) is 6.22. The fraction of sp³-hybridized carbons (Fsp3) is 0. The maximum absolute atomic E-state index is 6.32. The topological polar surface area (TPSA) is 0 Å². The zero-order valence-electron chi connectivity index (χ0n) is 18.5. The molecule has 0 nitrogen and oxygen atoms in total. The van der Waals surface area contributed by atoms with Crippen molar-refractivity contribution in [3.8, 4) is 0 Å². The summed E-state index contributed by atoms with van der Waals surface area (Å²) in [6.07, 6.45) is -15.2. The Bertz CT molecular complexity index is 434. The van der Waals surface area contributed by atoms with Crippen molar-refractivity contribution in [2.24, 2.45) is 0 Å². The maximum atomic E-state index is 6.32. The SMILES string of the molecule is [B]B([B])B(B([B])[B])B(B(B([B])[B])B([B])[B])B(B(B([B])[B])B([B])[B])B(B([B])[B])B([B])B([B])[B-]. The molecule has 0 heterocycles. The van der Waals surface area contributed by atoms with E-state index in [-0.39, 0.29) is 0 Å². The fourth-order valence-corrected chi connectivity index (χ4v) is 4.88. The highest BCUT2D eigenvalue weighted by Gasteiger charge is 2.52. The van der Waals surface area contributed by atoms with Gasteiger partial charge in [0.05, 0.1) is 0 Å². The second-order valence-electron chi connectivity index (χ2n) is 8.66. The van der Waals surface area contributed by atoms with Gasteiger partial charge in [0.25, 0.3) is 0 Å². The average molecular weight is 346 g/mol. The van der Waals surface area contributed by atoms with Crippen molar-refractivity contribution in [2.75, 3.05) is 0 Å². The molecule has 0 aromatic rings. The highest BCUT2D eigenvalue weighted by Crippen LogP contribution is 2.15. The lowest BCUT2D eigenvalue weighted by Crippen LogP contribution is -2.89. The Morgan fingerprint density at radius 1 is 0.281 bits per heavy atom. The van der Waals surface area contributed by atoms with Crippen molar-refractivity contribution >= 4 is 227 Å². The molecule has 0 bridgehead atoms. The molecule has 0 saturated carbocycles.